The molecular weight excluding hydrogens is 486 g/mol. The fourth-order valence-electron chi connectivity index (χ4n) is 8.10. The Labute approximate surface area is 224 Å². The number of terminal acetylenes is 1. The third-order valence-corrected chi connectivity index (χ3v) is 10.1. The molecule has 1 heterocycles. The molecule has 0 aromatic heterocycles. The van der Waals surface area contributed by atoms with E-state index in [2.05, 4.69) is 34.7 Å². The Balaban J connectivity index is 1.12. The van der Waals surface area contributed by atoms with Gasteiger partial charge in [0.2, 0.25) is 5.91 Å². The molecule has 1 aliphatic heterocycles. The molecular formula is C29H39N3O6. The smallest absolute Gasteiger partial charge is 0.326 e. The molecule has 38 heavy (non-hydrogen) atoms. The van der Waals surface area contributed by atoms with Crippen molar-refractivity contribution in [1.29, 1.82) is 0 Å². The molecule has 4 fully saturated rings. The Morgan fingerprint density at radius 2 is 1.95 bits per heavy atom. The van der Waals surface area contributed by atoms with E-state index in [1.807, 2.05) is 0 Å². The van der Waals surface area contributed by atoms with Gasteiger partial charge in [-0.05, 0) is 86.5 Å². The van der Waals surface area contributed by atoms with Gasteiger partial charge in [-0.1, -0.05) is 37.4 Å². The molecule has 206 valence electrons. The molecule has 4 aliphatic carbocycles. The van der Waals surface area contributed by atoms with Gasteiger partial charge in [-0.2, -0.15) is 0 Å². The molecule has 5 rings (SSSR count). The van der Waals surface area contributed by atoms with Crippen LogP contribution in [0, 0.1) is 41.4 Å². The summed E-state index contributed by atoms with van der Waals surface area (Å²) in [6.07, 6.45) is 16.4. The number of hydrogen-bond donors (Lipinski definition) is 3. The van der Waals surface area contributed by atoms with Gasteiger partial charge in [0.15, 0.2) is 12.2 Å². The fourth-order valence-corrected chi connectivity index (χ4v) is 8.10. The van der Waals surface area contributed by atoms with E-state index in [1.165, 1.54) is 12.0 Å². The highest BCUT2D eigenvalue weighted by atomic mass is 16.6. The summed E-state index contributed by atoms with van der Waals surface area (Å²) in [6, 6.07) is -1.01. The number of carbonyl (C=O) groups excluding carboxylic acids is 2. The average molecular weight is 526 g/mol. The number of carbonyl (C=O) groups is 3. The van der Waals surface area contributed by atoms with Crippen LogP contribution in [0.3, 0.4) is 0 Å². The van der Waals surface area contributed by atoms with Crippen LogP contribution in [-0.4, -0.2) is 59.0 Å². The standard InChI is InChI=1S/C29H39N3O6/c1-5-28-12-9-22-20-7-6-18-14-19(8-11-27(18,4)21(20)10-13-29(22,28)38-28)32-37-16-24(34)30-15-23(33)31-25(17(2)3)26(35)36/h1,14,17,20-22,25H,6-13,15-16H2,2-4H3,(H,30,34)(H,31,33)(H,35,36). The predicted molar refractivity (Wildman–Crippen MR) is 140 cm³/mol. The summed E-state index contributed by atoms with van der Waals surface area (Å²) >= 11 is 0. The SMILES string of the molecule is C#CC12CCC3C4CCC5=CC(=NOCC(=O)NCC(=O)NC(C(=O)O)C(C)C)CCC5(C)C4CCC31O2. The molecule has 0 aromatic carbocycles. The summed E-state index contributed by atoms with van der Waals surface area (Å²) in [6.45, 7) is 5.18. The Morgan fingerprint density at radius 1 is 1.18 bits per heavy atom. The molecule has 9 heteroatoms. The maximum absolute atomic E-state index is 12.1. The van der Waals surface area contributed by atoms with E-state index in [1.54, 1.807) is 13.8 Å². The highest BCUT2D eigenvalue weighted by molar-refractivity contribution is 5.96. The number of carboxylic acid groups (broad SMARTS) is 1. The van der Waals surface area contributed by atoms with E-state index < -0.39 is 23.8 Å². The van der Waals surface area contributed by atoms with E-state index in [0.717, 1.165) is 50.7 Å². The Kier molecular flexibility index (Phi) is 6.83. The molecule has 0 bridgehead atoms. The zero-order valence-electron chi connectivity index (χ0n) is 22.5. The largest absolute Gasteiger partial charge is 0.480 e. The van der Waals surface area contributed by atoms with Crippen molar-refractivity contribution in [2.75, 3.05) is 13.2 Å². The van der Waals surface area contributed by atoms with Crippen LogP contribution in [0.5, 0.6) is 0 Å². The van der Waals surface area contributed by atoms with Gasteiger partial charge in [0.05, 0.1) is 12.3 Å². The summed E-state index contributed by atoms with van der Waals surface area (Å²) < 4.78 is 6.28. The van der Waals surface area contributed by atoms with E-state index in [0.29, 0.717) is 17.8 Å². The normalized spacial score (nSPS) is 38.4. The zero-order valence-corrected chi connectivity index (χ0v) is 22.5. The van der Waals surface area contributed by atoms with Crippen molar-refractivity contribution in [3.63, 3.8) is 0 Å². The van der Waals surface area contributed by atoms with Crippen LogP contribution >= 0.6 is 0 Å². The lowest BCUT2D eigenvalue weighted by Gasteiger charge is -2.55. The number of aliphatic carboxylic acids is 1. The van der Waals surface area contributed by atoms with Gasteiger partial charge < -0.3 is 25.3 Å². The van der Waals surface area contributed by atoms with Gasteiger partial charge in [-0.3, -0.25) is 9.59 Å². The molecule has 7 atom stereocenters. The monoisotopic (exact) mass is 525 g/mol. The number of epoxide rings is 1. The van der Waals surface area contributed by atoms with Crippen LogP contribution in [0.15, 0.2) is 16.8 Å². The first-order chi connectivity index (χ1) is 18.0. The molecule has 7 unspecified atom stereocenters. The quantitative estimate of drug-likeness (QED) is 0.254. The maximum atomic E-state index is 12.1. The van der Waals surface area contributed by atoms with Gasteiger partial charge in [-0.25, -0.2) is 4.79 Å². The van der Waals surface area contributed by atoms with Crippen LogP contribution in [0.25, 0.3) is 0 Å². The van der Waals surface area contributed by atoms with Crippen molar-refractivity contribution in [3.05, 3.63) is 11.6 Å². The number of nitrogens with zero attached hydrogens (tertiary/aromatic N) is 1. The molecule has 9 nitrogen and oxygen atoms in total. The van der Waals surface area contributed by atoms with Crippen LogP contribution in [0.4, 0.5) is 0 Å². The minimum absolute atomic E-state index is 0.0523. The van der Waals surface area contributed by atoms with Crippen molar-refractivity contribution >= 4 is 23.5 Å². The van der Waals surface area contributed by atoms with Crippen LogP contribution < -0.4 is 10.6 Å². The highest BCUT2D eigenvalue weighted by Crippen LogP contribution is 2.73. The van der Waals surface area contributed by atoms with E-state index in [9.17, 15) is 14.4 Å². The summed E-state index contributed by atoms with van der Waals surface area (Å²) in [7, 11) is 0. The number of nitrogens with one attached hydrogen (secondary N) is 2. The number of fused-ring (bicyclic) bond motifs is 4. The number of carboxylic acids is 1. The van der Waals surface area contributed by atoms with Gasteiger partial charge in [-0.15, -0.1) is 6.42 Å². The molecule has 5 aliphatic rings. The first-order valence-electron chi connectivity index (χ1n) is 13.9. The summed E-state index contributed by atoms with van der Waals surface area (Å²) in [5.74, 6) is 2.42. The number of ether oxygens (including phenoxy) is 1. The molecule has 2 amide bonds. The molecule has 0 aromatic rings. The maximum Gasteiger partial charge on any atom is 0.326 e. The van der Waals surface area contributed by atoms with Gasteiger partial charge >= 0.3 is 5.97 Å². The zero-order chi connectivity index (χ0) is 27.3. The number of hydrogen-bond acceptors (Lipinski definition) is 6. The Hall–Kier alpha value is -2.86. The first-order valence-corrected chi connectivity index (χ1v) is 13.9. The molecule has 1 spiro atoms. The second kappa shape index (κ2) is 9.71. The van der Waals surface area contributed by atoms with E-state index >= 15 is 0 Å². The number of allylic oxidation sites excluding steroid dienone is 2. The lowest BCUT2D eigenvalue weighted by Crippen LogP contribution is -2.50. The van der Waals surface area contributed by atoms with E-state index in [4.69, 9.17) is 21.1 Å². The Bertz CT molecular complexity index is 1120. The molecule has 1 saturated heterocycles. The third kappa shape index (κ3) is 4.31. The Morgan fingerprint density at radius 3 is 2.63 bits per heavy atom. The topological polar surface area (TPSA) is 130 Å². The second-order valence-corrected chi connectivity index (χ2v) is 12.3. The lowest BCUT2D eigenvalue weighted by atomic mass is 9.49. The molecule has 0 radical (unpaired) electrons. The number of rotatable bonds is 8. The van der Waals surface area contributed by atoms with Crippen LogP contribution in [0.1, 0.15) is 72.1 Å². The molecule has 3 N–H and O–H groups in total. The van der Waals surface area contributed by atoms with Gasteiger partial charge in [0.1, 0.15) is 11.6 Å². The first kappa shape index (κ1) is 26.7. The average Bonchev–Trinajstić information content (AvgIpc) is 3.40. The predicted octanol–water partition coefficient (Wildman–Crippen LogP) is 2.80. The molecule has 3 saturated carbocycles. The lowest BCUT2D eigenvalue weighted by molar-refractivity contribution is -0.143. The fraction of sp³-hybridized carbons (Fsp3) is 0.724. The minimum Gasteiger partial charge on any atom is -0.480 e. The summed E-state index contributed by atoms with van der Waals surface area (Å²) in [5, 5.41) is 18.2. The van der Waals surface area contributed by atoms with Crippen molar-refractivity contribution in [1.82, 2.24) is 10.6 Å². The minimum atomic E-state index is -1.11. The van der Waals surface area contributed by atoms with Gasteiger partial charge in [0, 0.05) is 0 Å². The number of oxime groups is 1. The van der Waals surface area contributed by atoms with Crippen LogP contribution in [0.2, 0.25) is 0 Å². The summed E-state index contributed by atoms with van der Waals surface area (Å²) in [4.78, 5) is 40.6. The van der Waals surface area contributed by atoms with Crippen molar-refractivity contribution in [2.24, 2.45) is 34.2 Å². The number of amides is 2. The van der Waals surface area contributed by atoms with Crippen molar-refractivity contribution < 1.29 is 29.1 Å². The van der Waals surface area contributed by atoms with E-state index in [-0.39, 0.29) is 35.7 Å². The van der Waals surface area contributed by atoms with Gasteiger partial charge in [0.25, 0.3) is 5.91 Å². The van der Waals surface area contributed by atoms with Crippen molar-refractivity contribution in [3.8, 4) is 12.3 Å². The van der Waals surface area contributed by atoms with Crippen LogP contribution in [-0.2, 0) is 24.0 Å². The van der Waals surface area contributed by atoms with Crippen molar-refractivity contribution in [2.45, 2.75) is 89.4 Å². The highest BCUT2D eigenvalue weighted by Gasteiger charge is 2.79. The second-order valence-electron chi connectivity index (χ2n) is 12.3. The third-order valence-electron chi connectivity index (χ3n) is 10.1. The summed E-state index contributed by atoms with van der Waals surface area (Å²) in [5.41, 5.74) is 2.08.